The van der Waals surface area contributed by atoms with Crippen LogP contribution in [0.4, 0.5) is 4.79 Å². The van der Waals surface area contributed by atoms with Crippen LogP contribution in [0.1, 0.15) is 5.56 Å². The van der Waals surface area contributed by atoms with Crippen LogP contribution in [0.3, 0.4) is 0 Å². The topological polar surface area (TPSA) is 26.3 Å². The summed E-state index contributed by atoms with van der Waals surface area (Å²) in [4.78, 5) is 10.3. The van der Waals surface area contributed by atoms with Crippen molar-refractivity contribution in [2.24, 2.45) is 0 Å². The molecule has 2 nitrogen and oxygen atoms in total. The number of hydrogen-bond donors (Lipinski definition) is 0. The first-order valence-electron chi connectivity index (χ1n) is 3.21. The van der Waals surface area contributed by atoms with Gasteiger partial charge in [-0.1, -0.05) is 30.3 Å². The van der Waals surface area contributed by atoms with E-state index in [9.17, 15) is 4.79 Å². The van der Waals surface area contributed by atoms with Crippen LogP contribution >= 0.6 is 0 Å². The largest absolute Gasteiger partial charge is 0.466 e. The van der Waals surface area contributed by atoms with E-state index in [4.69, 9.17) is 4.74 Å². The molecule has 11 heavy (non-hydrogen) atoms. The maximum absolute atomic E-state index is 10.3. The smallest absolute Gasteiger partial charge is 0.264 e. The summed E-state index contributed by atoms with van der Waals surface area (Å²) in [5, 5.41) is 0. The van der Waals surface area contributed by atoms with E-state index in [1.807, 2.05) is 30.3 Å². The van der Waals surface area contributed by atoms with Crippen LogP contribution in [-0.2, 0) is 11.3 Å². The third-order valence-corrected chi connectivity index (χ3v) is 1.36. The van der Waals surface area contributed by atoms with Gasteiger partial charge in [-0.15, -0.1) is 0 Å². The van der Waals surface area contributed by atoms with Crippen LogP contribution in [-0.4, -0.2) is 15.8 Å². The minimum absolute atomic E-state index is 0.323. The van der Waals surface area contributed by atoms with Crippen LogP contribution < -0.4 is 0 Å². The zero-order valence-electron chi connectivity index (χ0n) is 5.91. The highest BCUT2D eigenvalue weighted by Crippen LogP contribution is 1.99. The van der Waals surface area contributed by atoms with E-state index in [0.29, 0.717) is 6.61 Å². The minimum atomic E-state index is -0.436. The van der Waals surface area contributed by atoms with E-state index >= 15 is 0 Å². The Kier molecular flexibility index (Phi) is 2.86. The summed E-state index contributed by atoms with van der Waals surface area (Å²) in [6, 6.07) is 9.51. The van der Waals surface area contributed by atoms with E-state index < -0.39 is 5.59 Å². The Balaban J connectivity index is 2.45. The maximum Gasteiger partial charge on any atom is 0.264 e. The molecule has 0 saturated heterocycles. The van der Waals surface area contributed by atoms with Gasteiger partial charge in [0.2, 0.25) is 0 Å². The van der Waals surface area contributed by atoms with Crippen molar-refractivity contribution in [3.8, 4) is 0 Å². The number of ether oxygens (including phenoxy) is 1. The van der Waals surface area contributed by atoms with Crippen LogP contribution in [0, 0.1) is 0 Å². The van der Waals surface area contributed by atoms with E-state index in [2.05, 4.69) is 10.2 Å². The monoisotopic (exact) mass is 163 g/mol. The number of hydrogen-bond acceptors (Lipinski definition) is 2. The lowest BCUT2D eigenvalue weighted by atomic mass is 10.2. The van der Waals surface area contributed by atoms with Crippen molar-refractivity contribution in [2.75, 3.05) is 0 Å². The first-order valence-corrected chi connectivity index (χ1v) is 3.71. The van der Waals surface area contributed by atoms with Gasteiger partial charge in [0.1, 0.15) is 6.61 Å². The third-order valence-electron chi connectivity index (χ3n) is 1.21. The van der Waals surface area contributed by atoms with Crippen molar-refractivity contribution >= 4 is 15.8 Å². The first-order chi connectivity index (χ1) is 5.29. The predicted octanol–water partition coefficient (Wildman–Crippen LogP) is 1.49. The van der Waals surface area contributed by atoms with Gasteiger partial charge in [0.15, 0.2) is 10.2 Å². The molecule has 0 saturated carbocycles. The fourth-order valence-electron chi connectivity index (χ4n) is 0.723. The second-order valence-electron chi connectivity index (χ2n) is 2.06. The van der Waals surface area contributed by atoms with Crippen molar-refractivity contribution in [3.05, 3.63) is 35.9 Å². The third kappa shape index (κ3) is 3.00. The van der Waals surface area contributed by atoms with Crippen LogP contribution in [0.5, 0.6) is 0 Å². The Bertz CT molecular complexity index is 233. The molecule has 0 bridgehead atoms. The first kappa shape index (κ1) is 8.01. The molecule has 0 spiro atoms. The summed E-state index contributed by atoms with van der Waals surface area (Å²) in [7, 11) is 2.72. The van der Waals surface area contributed by atoms with Crippen LogP contribution in [0.25, 0.3) is 0 Å². The Morgan fingerprint density at radius 2 is 2.00 bits per heavy atom. The predicted molar refractivity (Wildman–Crippen MR) is 42.4 cm³/mol. The standard InChI is InChI=1S/C8H7O2Si/c9-8(11)10-6-7-4-2-1-3-5-7/h1-5H,6H2. The van der Waals surface area contributed by atoms with Gasteiger partial charge >= 0.3 is 0 Å². The van der Waals surface area contributed by atoms with Gasteiger partial charge in [0, 0.05) is 0 Å². The molecule has 0 N–H and O–H groups in total. The lowest BCUT2D eigenvalue weighted by Gasteiger charge is -2.00. The second-order valence-corrected chi connectivity index (χ2v) is 2.47. The van der Waals surface area contributed by atoms with Gasteiger partial charge < -0.3 is 4.74 Å². The number of carbonyl (C=O) groups excluding carboxylic acids is 1. The average molecular weight is 163 g/mol. The van der Waals surface area contributed by atoms with Crippen molar-refractivity contribution in [2.45, 2.75) is 6.61 Å². The molecule has 55 valence electrons. The average Bonchev–Trinajstić information content (AvgIpc) is 2.03. The van der Waals surface area contributed by atoms with E-state index in [1.54, 1.807) is 0 Å². The normalized spacial score (nSPS) is 9.18. The highest BCUT2D eigenvalue weighted by Gasteiger charge is 1.93. The lowest BCUT2D eigenvalue weighted by molar-refractivity contribution is 0.167. The summed E-state index contributed by atoms with van der Waals surface area (Å²) in [6.07, 6.45) is 0. The molecule has 0 unspecified atom stereocenters. The molecular formula is C8H7O2Si. The Morgan fingerprint density at radius 3 is 2.55 bits per heavy atom. The summed E-state index contributed by atoms with van der Waals surface area (Å²) in [6.45, 7) is 0.323. The molecule has 0 aromatic heterocycles. The SMILES string of the molecule is O=C([Si])OCc1ccccc1. The molecule has 3 heteroatoms. The van der Waals surface area contributed by atoms with Gasteiger partial charge in [-0.2, -0.15) is 0 Å². The van der Waals surface area contributed by atoms with Crippen molar-refractivity contribution < 1.29 is 9.53 Å². The second kappa shape index (κ2) is 3.93. The summed E-state index contributed by atoms with van der Waals surface area (Å²) >= 11 is 0. The van der Waals surface area contributed by atoms with Gasteiger partial charge in [0.25, 0.3) is 5.59 Å². The fourth-order valence-corrected chi connectivity index (χ4v) is 0.795. The number of carbonyl (C=O) groups is 1. The molecule has 1 aromatic rings. The van der Waals surface area contributed by atoms with Gasteiger partial charge in [-0.05, 0) is 5.56 Å². The highest BCUT2D eigenvalue weighted by molar-refractivity contribution is 6.55. The molecule has 0 aliphatic heterocycles. The molecule has 0 aliphatic carbocycles. The Hall–Kier alpha value is -1.09. The van der Waals surface area contributed by atoms with E-state index in [-0.39, 0.29) is 0 Å². The van der Waals surface area contributed by atoms with Crippen molar-refractivity contribution in [1.82, 2.24) is 0 Å². The minimum Gasteiger partial charge on any atom is -0.466 e. The van der Waals surface area contributed by atoms with E-state index in [1.165, 1.54) is 0 Å². The molecule has 3 radical (unpaired) electrons. The Labute approximate surface area is 68.6 Å². The molecule has 1 aromatic carbocycles. The number of rotatable bonds is 2. The number of benzene rings is 1. The molecule has 0 fully saturated rings. The zero-order chi connectivity index (χ0) is 8.10. The quantitative estimate of drug-likeness (QED) is 0.617. The molecular weight excluding hydrogens is 156 g/mol. The molecule has 0 atom stereocenters. The van der Waals surface area contributed by atoms with Gasteiger partial charge in [-0.25, -0.2) is 0 Å². The van der Waals surface area contributed by atoms with Crippen molar-refractivity contribution in [3.63, 3.8) is 0 Å². The van der Waals surface area contributed by atoms with Crippen molar-refractivity contribution in [1.29, 1.82) is 0 Å². The van der Waals surface area contributed by atoms with Crippen LogP contribution in [0.2, 0.25) is 0 Å². The van der Waals surface area contributed by atoms with Crippen LogP contribution in [0.15, 0.2) is 30.3 Å². The summed E-state index contributed by atoms with van der Waals surface area (Å²) in [5.74, 6) is 0. The molecule has 0 aliphatic rings. The van der Waals surface area contributed by atoms with E-state index in [0.717, 1.165) is 5.56 Å². The Morgan fingerprint density at radius 1 is 1.36 bits per heavy atom. The molecule has 1 rings (SSSR count). The molecule has 0 heterocycles. The maximum atomic E-state index is 10.3. The van der Waals surface area contributed by atoms with Gasteiger partial charge in [-0.3, -0.25) is 4.79 Å². The highest BCUT2D eigenvalue weighted by atomic mass is 28.1. The van der Waals surface area contributed by atoms with Gasteiger partial charge in [0.05, 0.1) is 0 Å². The fraction of sp³-hybridized carbons (Fsp3) is 0.125. The summed E-state index contributed by atoms with van der Waals surface area (Å²) < 4.78 is 4.70. The molecule has 0 amide bonds. The lowest BCUT2D eigenvalue weighted by Crippen LogP contribution is -2.00. The summed E-state index contributed by atoms with van der Waals surface area (Å²) in [5.41, 5.74) is 0.549. The zero-order valence-corrected chi connectivity index (χ0v) is 6.91.